The summed E-state index contributed by atoms with van der Waals surface area (Å²) in [5, 5.41) is 0. The fourth-order valence-corrected chi connectivity index (χ4v) is 4.44. The Kier molecular flexibility index (Phi) is 6.69. The second kappa shape index (κ2) is 9.64. The predicted octanol–water partition coefficient (Wildman–Crippen LogP) is 8.64. The molecule has 1 fully saturated rings. The van der Waals surface area contributed by atoms with Gasteiger partial charge in [-0.05, 0) is 72.1 Å². The molecule has 0 aromatic heterocycles. The van der Waals surface area contributed by atoms with Crippen LogP contribution in [0, 0.1) is 23.4 Å². The highest BCUT2D eigenvalue weighted by molar-refractivity contribution is 5.71. The van der Waals surface area contributed by atoms with Crippen LogP contribution >= 0.6 is 0 Å². The van der Waals surface area contributed by atoms with Gasteiger partial charge in [0.15, 0.2) is 11.6 Å². The van der Waals surface area contributed by atoms with E-state index in [4.69, 9.17) is 4.74 Å². The predicted molar refractivity (Wildman–Crippen MR) is 123 cm³/mol. The molecule has 0 unspecified atom stereocenters. The van der Waals surface area contributed by atoms with Gasteiger partial charge in [0.25, 0.3) is 0 Å². The summed E-state index contributed by atoms with van der Waals surface area (Å²) in [7, 11) is 0. The van der Waals surface area contributed by atoms with E-state index in [0.29, 0.717) is 11.5 Å². The lowest BCUT2D eigenvalue weighted by Crippen LogP contribution is -2.12. The van der Waals surface area contributed by atoms with Crippen LogP contribution in [0.4, 0.5) is 13.2 Å². The van der Waals surface area contributed by atoms with Crippen molar-refractivity contribution in [3.63, 3.8) is 0 Å². The van der Waals surface area contributed by atoms with Gasteiger partial charge in [0, 0.05) is 5.56 Å². The lowest BCUT2D eigenvalue weighted by Gasteiger charge is -2.26. The first-order valence-corrected chi connectivity index (χ1v) is 11.1. The molecule has 3 aromatic carbocycles. The maximum absolute atomic E-state index is 14.9. The minimum absolute atomic E-state index is 0.148. The molecule has 4 rings (SSSR count). The Bertz CT molecular complexity index is 1110. The zero-order chi connectivity index (χ0) is 22.7. The molecular formula is C28H27F3O. The Hall–Kier alpha value is -3.01. The van der Waals surface area contributed by atoms with Crippen LogP contribution in [0.2, 0.25) is 0 Å². The number of ether oxygens (including phenoxy) is 1. The minimum atomic E-state index is -1.03. The van der Waals surface area contributed by atoms with E-state index in [1.807, 2.05) is 12.1 Å². The van der Waals surface area contributed by atoms with Crippen molar-refractivity contribution >= 4 is 0 Å². The molecule has 0 atom stereocenters. The molecule has 0 radical (unpaired) electrons. The van der Waals surface area contributed by atoms with E-state index in [0.717, 1.165) is 48.3 Å². The molecule has 1 aliphatic carbocycles. The lowest BCUT2D eigenvalue weighted by atomic mass is 9.79. The summed E-state index contributed by atoms with van der Waals surface area (Å²) in [5.41, 5.74) is 3.08. The van der Waals surface area contributed by atoms with Gasteiger partial charge in [0.2, 0.25) is 5.82 Å². The molecule has 1 nitrogen and oxygen atoms in total. The molecule has 0 saturated heterocycles. The van der Waals surface area contributed by atoms with Crippen molar-refractivity contribution in [1.82, 2.24) is 0 Å². The third kappa shape index (κ3) is 4.59. The second-order valence-electron chi connectivity index (χ2n) is 8.60. The van der Waals surface area contributed by atoms with Gasteiger partial charge in [-0.15, -0.1) is 0 Å². The van der Waals surface area contributed by atoms with Gasteiger partial charge in [-0.3, -0.25) is 0 Å². The van der Waals surface area contributed by atoms with Crippen molar-refractivity contribution < 1.29 is 17.9 Å². The van der Waals surface area contributed by atoms with Crippen LogP contribution in [0.3, 0.4) is 0 Å². The Morgan fingerprint density at radius 3 is 2.09 bits per heavy atom. The Morgan fingerprint density at radius 1 is 0.781 bits per heavy atom. The average Bonchev–Trinajstić information content (AvgIpc) is 2.81. The van der Waals surface area contributed by atoms with Gasteiger partial charge in [-0.2, -0.15) is 4.39 Å². The normalized spacial score (nSPS) is 18.8. The zero-order valence-corrected chi connectivity index (χ0v) is 18.4. The van der Waals surface area contributed by atoms with Crippen LogP contribution in [0.5, 0.6) is 5.75 Å². The number of allylic oxidation sites excluding steroid dienone is 1. The van der Waals surface area contributed by atoms with E-state index in [1.54, 1.807) is 43.3 Å². The van der Waals surface area contributed by atoms with Crippen molar-refractivity contribution in [2.45, 2.75) is 45.4 Å². The molecule has 0 N–H and O–H groups in total. The molecule has 0 bridgehead atoms. The first-order chi connectivity index (χ1) is 15.5. The van der Waals surface area contributed by atoms with Gasteiger partial charge in [0.05, 0.1) is 6.26 Å². The summed E-state index contributed by atoms with van der Waals surface area (Å²) in [4.78, 5) is 0. The van der Waals surface area contributed by atoms with Crippen LogP contribution in [0.15, 0.2) is 66.9 Å². The fraction of sp³-hybridized carbons (Fsp3) is 0.286. The number of hydrogen-bond donors (Lipinski definition) is 0. The van der Waals surface area contributed by atoms with Gasteiger partial charge >= 0.3 is 0 Å². The zero-order valence-electron chi connectivity index (χ0n) is 18.4. The van der Waals surface area contributed by atoms with Gasteiger partial charge in [-0.25, -0.2) is 8.78 Å². The Balaban J connectivity index is 1.55. The largest absolute Gasteiger partial charge is 0.462 e. The molecule has 166 valence electrons. The first-order valence-electron chi connectivity index (χ1n) is 11.1. The van der Waals surface area contributed by atoms with E-state index in [2.05, 4.69) is 6.92 Å². The second-order valence-corrected chi connectivity index (χ2v) is 8.60. The molecule has 1 saturated carbocycles. The van der Waals surface area contributed by atoms with Gasteiger partial charge in [-0.1, -0.05) is 62.2 Å². The Labute approximate surface area is 187 Å². The highest BCUT2D eigenvalue weighted by Gasteiger charge is 2.22. The quantitative estimate of drug-likeness (QED) is 0.364. The van der Waals surface area contributed by atoms with Crippen molar-refractivity contribution in [3.8, 4) is 28.0 Å². The summed E-state index contributed by atoms with van der Waals surface area (Å²) >= 11 is 0. The van der Waals surface area contributed by atoms with E-state index < -0.39 is 11.6 Å². The minimum Gasteiger partial charge on any atom is -0.462 e. The number of benzene rings is 3. The highest BCUT2D eigenvalue weighted by atomic mass is 19.2. The molecule has 1 aliphatic rings. The van der Waals surface area contributed by atoms with Crippen LogP contribution in [0.1, 0.15) is 51.0 Å². The smallest absolute Gasteiger partial charge is 0.201 e. The van der Waals surface area contributed by atoms with Gasteiger partial charge < -0.3 is 4.74 Å². The molecule has 0 amide bonds. The molecule has 0 spiro atoms. The number of rotatable bonds is 5. The molecular weight excluding hydrogens is 409 g/mol. The molecule has 3 aromatic rings. The maximum Gasteiger partial charge on any atom is 0.201 e. The average molecular weight is 437 g/mol. The number of hydrogen-bond acceptors (Lipinski definition) is 1. The molecule has 32 heavy (non-hydrogen) atoms. The summed E-state index contributed by atoms with van der Waals surface area (Å²) in [6.45, 7) is 3.98. The maximum atomic E-state index is 14.9. The van der Waals surface area contributed by atoms with E-state index >= 15 is 0 Å². The lowest BCUT2D eigenvalue weighted by molar-refractivity contribution is 0.342. The van der Waals surface area contributed by atoms with Crippen molar-refractivity contribution in [3.05, 3.63) is 90.0 Å². The monoisotopic (exact) mass is 436 g/mol. The van der Waals surface area contributed by atoms with Crippen molar-refractivity contribution in [2.75, 3.05) is 0 Å². The van der Waals surface area contributed by atoms with Crippen LogP contribution < -0.4 is 4.74 Å². The summed E-state index contributed by atoms with van der Waals surface area (Å²) < 4.78 is 48.8. The molecule has 4 heteroatoms. The fourth-order valence-electron chi connectivity index (χ4n) is 4.44. The third-order valence-electron chi connectivity index (χ3n) is 6.36. The van der Waals surface area contributed by atoms with Crippen molar-refractivity contribution in [1.29, 1.82) is 0 Å². The molecule has 0 aliphatic heterocycles. The first kappa shape index (κ1) is 22.2. The standard InChI is InChI=1S/C28H27F3O/c1-3-16-32-26-15-14-24(27(30)28(26)31)21-10-8-19(9-11-21)22-12-13-23(25(29)17-22)20-6-4-18(2)5-7-20/h3,8-18,20H,4-7H2,1-2H3/b16-3-. The summed E-state index contributed by atoms with van der Waals surface area (Å²) in [6, 6.07) is 15.4. The summed E-state index contributed by atoms with van der Waals surface area (Å²) in [6.07, 6.45) is 7.25. The van der Waals surface area contributed by atoms with Crippen LogP contribution in [0.25, 0.3) is 22.3 Å². The molecule has 0 heterocycles. The number of halogens is 3. The SMILES string of the molecule is C/C=C\Oc1ccc(-c2ccc(-c3ccc(C4CCC(C)CC4)c(F)c3)cc2)c(F)c1F. The van der Waals surface area contributed by atoms with E-state index in [1.165, 1.54) is 18.4 Å². The van der Waals surface area contributed by atoms with Crippen LogP contribution in [-0.4, -0.2) is 0 Å². The topological polar surface area (TPSA) is 9.23 Å². The van der Waals surface area contributed by atoms with Gasteiger partial charge in [0.1, 0.15) is 5.82 Å². The van der Waals surface area contributed by atoms with E-state index in [9.17, 15) is 13.2 Å². The Morgan fingerprint density at radius 2 is 1.44 bits per heavy atom. The summed E-state index contributed by atoms with van der Waals surface area (Å²) in [5.74, 6) is -1.31. The third-order valence-corrected chi connectivity index (χ3v) is 6.36. The highest BCUT2D eigenvalue weighted by Crippen LogP contribution is 2.38. The van der Waals surface area contributed by atoms with Crippen molar-refractivity contribution in [2.24, 2.45) is 5.92 Å². The van der Waals surface area contributed by atoms with E-state index in [-0.39, 0.29) is 17.1 Å². The van der Waals surface area contributed by atoms with Crippen LogP contribution in [-0.2, 0) is 0 Å².